The van der Waals surface area contributed by atoms with E-state index in [1.807, 2.05) is 29.9 Å². The van der Waals surface area contributed by atoms with Crippen molar-refractivity contribution in [1.82, 2.24) is 4.57 Å². The van der Waals surface area contributed by atoms with Gasteiger partial charge >= 0.3 is 0 Å². The summed E-state index contributed by atoms with van der Waals surface area (Å²) in [5, 5.41) is 0. The average molecular weight is 186 g/mol. The number of aromatic nitrogens is 1. The third-order valence-corrected chi connectivity index (χ3v) is 2.39. The molecule has 1 heterocycles. The molecule has 72 valence electrons. The zero-order chi connectivity index (χ0) is 10.1. The molecule has 2 heteroatoms. The number of nitrogen functional groups attached to an aromatic ring is 1. The topological polar surface area (TPSA) is 30.9 Å². The van der Waals surface area contributed by atoms with Gasteiger partial charge in [0.25, 0.3) is 0 Å². The summed E-state index contributed by atoms with van der Waals surface area (Å²) in [6, 6.07) is 8.12. The standard InChI is InChI=1S/C12H14N2/c1-9-7-11(13)3-4-12(9)10-5-6-14(2)8-10/h3-8H,13H2,1-2H3. The predicted molar refractivity (Wildman–Crippen MR) is 60.0 cm³/mol. The summed E-state index contributed by atoms with van der Waals surface area (Å²) in [5.41, 5.74) is 10.2. The smallest absolute Gasteiger partial charge is 0.0317 e. The van der Waals surface area contributed by atoms with Crippen LogP contribution in [0.25, 0.3) is 11.1 Å². The molecule has 0 atom stereocenters. The van der Waals surface area contributed by atoms with Gasteiger partial charge in [0.2, 0.25) is 0 Å². The lowest BCUT2D eigenvalue weighted by molar-refractivity contribution is 0.928. The van der Waals surface area contributed by atoms with Gasteiger partial charge in [-0.1, -0.05) is 6.07 Å². The van der Waals surface area contributed by atoms with Crippen LogP contribution in [0.15, 0.2) is 36.7 Å². The van der Waals surface area contributed by atoms with E-state index >= 15 is 0 Å². The maximum Gasteiger partial charge on any atom is 0.0317 e. The lowest BCUT2D eigenvalue weighted by Crippen LogP contribution is -1.87. The van der Waals surface area contributed by atoms with Crippen LogP contribution in [-0.4, -0.2) is 4.57 Å². The highest BCUT2D eigenvalue weighted by Gasteiger charge is 2.02. The maximum atomic E-state index is 5.71. The van der Waals surface area contributed by atoms with E-state index in [1.165, 1.54) is 16.7 Å². The number of aryl methyl sites for hydroxylation is 2. The first-order valence-corrected chi connectivity index (χ1v) is 4.65. The number of benzene rings is 1. The molecule has 0 spiro atoms. The average Bonchev–Trinajstić information content (AvgIpc) is 2.51. The quantitative estimate of drug-likeness (QED) is 0.682. The summed E-state index contributed by atoms with van der Waals surface area (Å²) in [5.74, 6) is 0. The minimum absolute atomic E-state index is 0.821. The molecule has 1 aromatic heterocycles. The molecule has 0 aliphatic carbocycles. The van der Waals surface area contributed by atoms with Crippen molar-refractivity contribution < 1.29 is 0 Å². The summed E-state index contributed by atoms with van der Waals surface area (Å²) in [7, 11) is 2.02. The summed E-state index contributed by atoms with van der Waals surface area (Å²) in [6.45, 7) is 2.08. The molecule has 2 nitrogen and oxygen atoms in total. The Morgan fingerprint density at radius 1 is 1.21 bits per heavy atom. The molecule has 0 bridgehead atoms. The first-order chi connectivity index (χ1) is 6.66. The third kappa shape index (κ3) is 1.51. The number of nitrogens with zero attached hydrogens (tertiary/aromatic N) is 1. The Morgan fingerprint density at radius 2 is 2.00 bits per heavy atom. The minimum atomic E-state index is 0.821. The van der Waals surface area contributed by atoms with Crippen molar-refractivity contribution in [2.24, 2.45) is 7.05 Å². The summed E-state index contributed by atoms with van der Waals surface area (Å²) >= 11 is 0. The number of anilines is 1. The van der Waals surface area contributed by atoms with Crippen LogP contribution in [0.1, 0.15) is 5.56 Å². The molecular weight excluding hydrogens is 172 g/mol. The molecule has 0 aliphatic rings. The first-order valence-electron chi connectivity index (χ1n) is 4.65. The van der Waals surface area contributed by atoms with E-state index in [0.717, 1.165) is 5.69 Å². The van der Waals surface area contributed by atoms with Gasteiger partial charge in [-0.3, -0.25) is 0 Å². The molecule has 2 aromatic rings. The van der Waals surface area contributed by atoms with Gasteiger partial charge in [-0.25, -0.2) is 0 Å². The molecule has 0 fully saturated rings. The summed E-state index contributed by atoms with van der Waals surface area (Å²) in [4.78, 5) is 0. The van der Waals surface area contributed by atoms with Crippen molar-refractivity contribution in [2.75, 3.05) is 5.73 Å². The zero-order valence-corrected chi connectivity index (χ0v) is 8.49. The van der Waals surface area contributed by atoms with Gasteiger partial charge < -0.3 is 10.3 Å². The number of hydrogen-bond acceptors (Lipinski definition) is 1. The van der Waals surface area contributed by atoms with Crippen LogP contribution >= 0.6 is 0 Å². The Labute approximate surface area is 84.0 Å². The molecule has 2 N–H and O–H groups in total. The summed E-state index contributed by atoms with van der Waals surface area (Å²) < 4.78 is 2.05. The molecule has 0 saturated carbocycles. The molecule has 0 unspecified atom stereocenters. The van der Waals surface area contributed by atoms with Gasteiger partial charge in [-0.15, -0.1) is 0 Å². The van der Waals surface area contributed by atoms with Crippen LogP contribution in [0.2, 0.25) is 0 Å². The largest absolute Gasteiger partial charge is 0.399 e. The molecule has 0 aliphatic heterocycles. The van der Waals surface area contributed by atoms with Crippen LogP contribution in [0, 0.1) is 6.92 Å². The van der Waals surface area contributed by atoms with Crippen LogP contribution in [-0.2, 0) is 7.05 Å². The molecule has 0 amide bonds. The highest BCUT2D eigenvalue weighted by molar-refractivity contribution is 5.69. The molecule has 2 rings (SSSR count). The Kier molecular flexibility index (Phi) is 2.04. The van der Waals surface area contributed by atoms with Crippen molar-refractivity contribution in [2.45, 2.75) is 6.92 Å². The Morgan fingerprint density at radius 3 is 2.57 bits per heavy atom. The number of nitrogens with two attached hydrogens (primary N) is 1. The first kappa shape index (κ1) is 8.88. The molecular formula is C12H14N2. The van der Waals surface area contributed by atoms with Crippen molar-refractivity contribution in [3.05, 3.63) is 42.2 Å². The fourth-order valence-corrected chi connectivity index (χ4v) is 1.67. The van der Waals surface area contributed by atoms with Crippen LogP contribution < -0.4 is 5.73 Å². The predicted octanol–water partition coefficient (Wildman–Crippen LogP) is 2.58. The Balaban J connectivity index is 2.52. The number of rotatable bonds is 1. The molecule has 0 saturated heterocycles. The second-order valence-corrected chi connectivity index (χ2v) is 3.64. The third-order valence-electron chi connectivity index (χ3n) is 2.39. The molecule has 0 radical (unpaired) electrons. The monoisotopic (exact) mass is 186 g/mol. The highest BCUT2D eigenvalue weighted by atomic mass is 14.9. The summed E-state index contributed by atoms with van der Waals surface area (Å²) in [6.07, 6.45) is 4.16. The van der Waals surface area contributed by atoms with Crippen LogP contribution in [0.4, 0.5) is 5.69 Å². The van der Waals surface area contributed by atoms with E-state index in [0.29, 0.717) is 0 Å². The normalized spacial score (nSPS) is 10.4. The zero-order valence-electron chi connectivity index (χ0n) is 8.49. The highest BCUT2D eigenvalue weighted by Crippen LogP contribution is 2.24. The van der Waals surface area contributed by atoms with Gasteiger partial charge in [0.1, 0.15) is 0 Å². The van der Waals surface area contributed by atoms with E-state index in [-0.39, 0.29) is 0 Å². The minimum Gasteiger partial charge on any atom is -0.399 e. The van der Waals surface area contributed by atoms with E-state index in [9.17, 15) is 0 Å². The van der Waals surface area contributed by atoms with Crippen molar-refractivity contribution >= 4 is 5.69 Å². The SMILES string of the molecule is Cc1cc(N)ccc1-c1ccn(C)c1. The van der Waals surface area contributed by atoms with Gasteiger partial charge in [0, 0.05) is 25.1 Å². The van der Waals surface area contributed by atoms with Crippen molar-refractivity contribution in [3.8, 4) is 11.1 Å². The number of hydrogen-bond donors (Lipinski definition) is 1. The lowest BCUT2D eigenvalue weighted by Gasteiger charge is -2.04. The van der Waals surface area contributed by atoms with E-state index in [2.05, 4.69) is 25.3 Å². The Bertz CT molecular complexity index is 455. The van der Waals surface area contributed by atoms with Gasteiger partial charge in [0.15, 0.2) is 0 Å². The van der Waals surface area contributed by atoms with Crippen LogP contribution in [0.5, 0.6) is 0 Å². The van der Waals surface area contributed by atoms with Crippen molar-refractivity contribution in [1.29, 1.82) is 0 Å². The fourth-order valence-electron chi connectivity index (χ4n) is 1.67. The van der Waals surface area contributed by atoms with Gasteiger partial charge in [-0.2, -0.15) is 0 Å². The lowest BCUT2D eigenvalue weighted by atomic mass is 10.0. The second kappa shape index (κ2) is 3.22. The van der Waals surface area contributed by atoms with E-state index in [1.54, 1.807) is 0 Å². The molecule has 1 aromatic carbocycles. The van der Waals surface area contributed by atoms with Crippen molar-refractivity contribution in [3.63, 3.8) is 0 Å². The fraction of sp³-hybridized carbons (Fsp3) is 0.167. The van der Waals surface area contributed by atoms with E-state index < -0.39 is 0 Å². The van der Waals surface area contributed by atoms with Gasteiger partial charge in [-0.05, 0) is 41.8 Å². The Hall–Kier alpha value is -1.70. The van der Waals surface area contributed by atoms with E-state index in [4.69, 9.17) is 5.73 Å². The second-order valence-electron chi connectivity index (χ2n) is 3.64. The van der Waals surface area contributed by atoms with Gasteiger partial charge in [0.05, 0.1) is 0 Å². The maximum absolute atomic E-state index is 5.71. The van der Waals surface area contributed by atoms with Crippen LogP contribution in [0.3, 0.4) is 0 Å². The molecule has 14 heavy (non-hydrogen) atoms.